The second kappa shape index (κ2) is 15.0. The molecule has 0 radical (unpaired) electrons. The second-order valence-corrected chi connectivity index (χ2v) is 16.1. The van der Waals surface area contributed by atoms with E-state index >= 15 is 0 Å². The first-order chi connectivity index (χ1) is 22.7. The lowest BCUT2D eigenvalue weighted by Gasteiger charge is -2.16. The number of unbranched alkanes of at least 4 members (excludes halogenated alkanes) is 3. The molecule has 2 N–H and O–H groups in total. The summed E-state index contributed by atoms with van der Waals surface area (Å²) < 4.78 is 56.3. The van der Waals surface area contributed by atoms with E-state index in [0.29, 0.717) is 11.1 Å². The van der Waals surface area contributed by atoms with Crippen molar-refractivity contribution >= 4 is 41.5 Å². The van der Waals surface area contributed by atoms with Crippen molar-refractivity contribution in [1.82, 2.24) is 4.57 Å². The Morgan fingerprint density at radius 1 is 0.723 bits per heavy atom. The molecule has 0 saturated heterocycles. The topological polar surface area (TPSA) is 114 Å². The van der Waals surface area contributed by atoms with Crippen LogP contribution >= 0.6 is 0 Å². The maximum atomic E-state index is 13.7. The van der Waals surface area contributed by atoms with Crippen molar-refractivity contribution in [3.63, 3.8) is 0 Å². The summed E-state index contributed by atoms with van der Waals surface area (Å²) in [4.78, 5) is 0.416. The summed E-state index contributed by atoms with van der Waals surface area (Å²) in [5.74, 6) is -0.142. The van der Waals surface area contributed by atoms with Crippen LogP contribution in [0.15, 0.2) is 107 Å². The highest BCUT2D eigenvalue weighted by molar-refractivity contribution is 7.92. The molecule has 4 aromatic carbocycles. The van der Waals surface area contributed by atoms with Gasteiger partial charge < -0.3 is 14.8 Å². The molecule has 5 aromatic rings. The van der Waals surface area contributed by atoms with E-state index in [-0.39, 0.29) is 41.6 Å². The first kappa shape index (κ1) is 34.6. The van der Waals surface area contributed by atoms with Crippen LogP contribution < -0.4 is 0 Å². The number of benzene rings is 4. The van der Waals surface area contributed by atoms with Gasteiger partial charge in [-0.3, -0.25) is 0 Å². The van der Waals surface area contributed by atoms with E-state index in [2.05, 4.69) is 18.1 Å². The molecule has 0 saturated carbocycles. The molecule has 9 heteroatoms. The molecule has 1 atom stereocenters. The van der Waals surface area contributed by atoms with Gasteiger partial charge in [0.25, 0.3) is 0 Å². The summed E-state index contributed by atoms with van der Waals surface area (Å²) in [5, 5.41) is 19.8. The Morgan fingerprint density at radius 2 is 1.30 bits per heavy atom. The van der Waals surface area contributed by atoms with Crippen LogP contribution in [0.1, 0.15) is 45.4 Å². The fourth-order valence-electron chi connectivity index (χ4n) is 6.36. The van der Waals surface area contributed by atoms with Crippen LogP contribution in [0.3, 0.4) is 0 Å². The van der Waals surface area contributed by atoms with Crippen molar-refractivity contribution < 1.29 is 27.0 Å². The summed E-state index contributed by atoms with van der Waals surface area (Å²) in [6.07, 6.45) is 6.00. The van der Waals surface area contributed by atoms with E-state index in [1.165, 1.54) is 6.08 Å². The van der Waals surface area contributed by atoms with E-state index < -0.39 is 24.9 Å². The summed E-state index contributed by atoms with van der Waals surface area (Å²) in [5.41, 5.74) is 4.71. The normalized spacial score (nSPS) is 12.9. The highest BCUT2D eigenvalue weighted by Gasteiger charge is 2.28. The van der Waals surface area contributed by atoms with Crippen molar-refractivity contribution in [2.24, 2.45) is 0 Å². The molecule has 0 aliphatic rings. The van der Waals surface area contributed by atoms with Gasteiger partial charge in [-0.1, -0.05) is 80.8 Å². The lowest BCUT2D eigenvalue weighted by molar-refractivity contribution is 0.290. The molecule has 47 heavy (non-hydrogen) atoms. The van der Waals surface area contributed by atoms with Crippen molar-refractivity contribution in [3.8, 4) is 22.3 Å². The Balaban J connectivity index is 1.71. The fourth-order valence-corrected chi connectivity index (χ4v) is 9.65. The molecule has 1 aromatic heterocycles. The molecule has 0 bridgehead atoms. The summed E-state index contributed by atoms with van der Waals surface area (Å²) >= 11 is 0. The van der Waals surface area contributed by atoms with Crippen LogP contribution in [-0.2, 0) is 26.2 Å². The quantitative estimate of drug-likeness (QED) is 0.0825. The summed E-state index contributed by atoms with van der Waals surface area (Å²) in [7, 11) is -7.45. The highest BCUT2D eigenvalue weighted by Crippen LogP contribution is 2.39. The molecule has 0 amide bonds. The van der Waals surface area contributed by atoms with E-state index in [1.807, 2.05) is 54.6 Å². The molecule has 248 valence electrons. The lowest BCUT2D eigenvalue weighted by atomic mass is 10.00. The number of hydrogen-bond acceptors (Lipinski definition) is 6. The third-order valence-corrected chi connectivity index (χ3v) is 12.8. The van der Waals surface area contributed by atoms with Crippen molar-refractivity contribution in [2.75, 3.05) is 19.0 Å². The van der Waals surface area contributed by atoms with Gasteiger partial charge in [0.15, 0.2) is 19.7 Å². The maximum absolute atomic E-state index is 13.7. The van der Waals surface area contributed by atoms with E-state index in [9.17, 15) is 27.0 Å². The average molecular weight is 674 g/mol. The van der Waals surface area contributed by atoms with Crippen LogP contribution in [-0.4, -0.2) is 55.8 Å². The van der Waals surface area contributed by atoms with Crippen LogP contribution in [0.4, 0.5) is 0 Å². The minimum atomic E-state index is -3.82. The van der Waals surface area contributed by atoms with Gasteiger partial charge in [-0.05, 0) is 66.8 Å². The minimum absolute atomic E-state index is 0.0602. The number of rotatable bonds is 16. The highest BCUT2D eigenvalue weighted by atomic mass is 32.2. The molecular weight excluding hydrogens is 631 g/mol. The van der Waals surface area contributed by atoms with Gasteiger partial charge in [0.05, 0.1) is 20.8 Å². The average Bonchev–Trinajstić information content (AvgIpc) is 3.40. The smallest absolute Gasteiger partial charge is 0.185 e. The number of sulfone groups is 2. The van der Waals surface area contributed by atoms with Gasteiger partial charge in [0, 0.05) is 52.7 Å². The predicted molar refractivity (Wildman–Crippen MR) is 191 cm³/mol. The van der Waals surface area contributed by atoms with E-state index in [0.717, 1.165) is 65.2 Å². The molecule has 0 fully saturated rings. The van der Waals surface area contributed by atoms with Gasteiger partial charge in [0.1, 0.15) is 0 Å². The number of nitrogens with zero attached hydrogens (tertiary/aromatic N) is 1. The Kier molecular flexibility index (Phi) is 11.0. The molecular formula is C38H43NO6S2. The number of aliphatic hydroxyl groups is 2. The summed E-state index contributed by atoms with van der Waals surface area (Å²) in [6.45, 7) is 6.25. The SMILES string of the molecule is C=CC(CCO)S(=O)(=O)c1ccccc1-c1ccc2c(c1)c1cc(-c3ccccc3S(=O)(=O)CCCO)ccc1n2CCCCCC. The van der Waals surface area contributed by atoms with Gasteiger partial charge in [-0.15, -0.1) is 6.58 Å². The molecule has 0 aliphatic heterocycles. The molecule has 1 unspecified atom stereocenters. The van der Waals surface area contributed by atoms with Gasteiger partial charge in [-0.2, -0.15) is 0 Å². The zero-order chi connectivity index (χ0) is 33.6. The number of aromatic nitrogens is 1. The van der Waals surface area contributed by atoms with Crippen molar-refractivity contribution in [3.05, 3.63) is 97.6 Å². The first-order valence-electron chi connectivity index (χ1n) is 16.2. The minimum Gasteiger partial charge on any atom is -0.396 e. The van der Waals surface area contributed by atoms with Crippen LogP contribution in [0, 0.1) is 0 Å². The monoisotopic (exact) mass is 673 g/mol. The summed E-state index contributed by atoms with van der Waals surface area (Å²) in [6, 6.07) is 25.9. The number of fused-ring (bicyclic) bond motifs is 3. The number of aliphatic hydroxyl groups excluding tert-OH is 2. The Labute approximate surface area is 278 Å². The van der Waals surface area contributed by atoms with E-state index in [1.54, 1.807) is 30.3 Å². The molecule has 5 rings (SSSR count). The molecule has 0 spiro atoms. The Hall–Kier alpha value is -3.76. The van der Waals surface area contributed by atoms with Crippen molar-refractivity contribution in [1.29, 1.82) is 0 Å². The molecule has 1 heterocycles. The maximum Gasteiger partial charge on any atom is 0.185 e. The van der Waals surface area contributed by atoms with Gasteiger partial charge in [0.2, 0.25) is 0 Å². The molecule has 7 nitrogen and oxygen atoms in total. The second-order valence-electron chi connectivity index (χ2n) is 11.9. The van der Waals surface area contributed by atoms with Crippen LogP contribution in [0.25, 0.3) is 44.1 Å². The zero-order valence-corrected chi connectivity index (χ0v) is 28.4. The zero-order valence-electron chi connectivity index (χ0n) is 26.8. The van der Waals surface area contributed by atoms with Crippen molar-refractivity contribution in [2.45, 2.75) is 67.0 Å². The molecule has 0 aliphatic carbocycles. The standard InChI is InChI=1S/C38H43NO6S2/c1-3-5-6-11-22-39-35-19-17-28(31-13-7-9-15-37(31)46(42,43)25-12-23-40)26-33(35)34-27-29(18-20-36(34)39)32-14-8-10-16-38(32)47(44,45)30(4-2)21-24-41/h4,7-10,13-20,26-27,30,40-41H,2-3,5-6,11-12,21-25H2,1H3. The first-order valence-corrected chi connectivity index (χ1v) is 19.4. The Bertz CT molecular complexity index is 2100. The van der Waals surface area contributed by atoms with Crippen LogP contribution in [0.2, 0.25) is 0 Å². The lowest BCUT2D eigenvalue weighted by Crippen LogP contribution is -2.21. The Morgan fingerprint density at radius 3 is 1.85 bits per heavy atom. The predicted octanol–water partition coefficient (Wildman–Crippen LogP) is 7.58. The third kappa shape index (κ3) is 7.09. The van der Waals surface area contributed by atoms with Crippen LogP contribution in [0.5, 0.6) is 0 Å². The fraction of sp³-hybridized carbons (Fsp3) is 0.316. The van der Waals surface area contributed by atoms with Gasteiger partial charge in [-0.25, -0.2) is 16.8 Å². The number of aryl methyl sites for hydroxylation is 1. The largest absolute Gasteiger partial charge is 0.396 e. The van der Waals surface area contributed by atoms with Gasteiger partial charge >= 0.3 is 0 Å². The van der Waals surface area contributed by atoms with E-state index in [4.69, 9.17) is 0 Å². The number of hydrogen-bond donors (Lipinski definition) is 2. The third-order valence-electron chi connectivity index (χ3n) is 8.78.